The number of anilines is 1. The fraction of sp³-hybridized carbons (Fsp3) is 0.722. The summed E-state index contributed by atoms with van der Waals surface area (Å²) in [6.45, 7) is 3.39. The lowest BCUT2D eigenvalue weighted by atomic mass is 9.88. The lowest BCUT2D eigenvalue weighted by molar-refractivity contribution is 0.337. The van der Waals surface area contributed by atoms with E-state index in [4.69, 9.17) is 0 Å². The van der Waals surface area contributed by atoms with Crippen LogP contribution in [0.2, 0.25) is 0 Å². The number of hydrogen-bond acceptors (Lipinski definition) is 3. The molecule has 0 amide bonds. The Kier molecular flexibility index (Phi) is 4.48. The van der Waals surface area contributed by atoms with Crippen molar-refractivity contribution in [1.82, 2.24) is 10.3 Å². The molecule has 2 aliphatic rings. The van der Waals surface area contributed by atoms with Crippen molar-refractivity contribution >= 4 is 5.69 Å². The van der Waals surface area contributed by atoms with Crippen LogP contribution in [0.15, 0.2) is 18.3 Å². The van der Waals surface area contributed by atoms with Gasteiger partial charge in [-0.25, -0.2) is 0 Å². The van der Waals surface area contributed by atoms with Crippen LogP contribution in [0.25, 0.3) is 0 Å². The number of aromatic nitrogens is 1. The molecule has 4 atom stereocenters. The van der Waals surface area contributed by atoms with Crippen molar-refractivity contribution in [2.45, 2.75) is 45.1 Å². The van der Waals surface area contributed by atoms with Crippen molar-refractivity contribution in [3.05, 3.63) is 24.0 Å². The topological polar surface area (TPSA) is 28.2 Å². The summed E-state index contributed by atoms with van der Waals surface area (Å²) >= 11 is 0. The SMILES string of the molecule is CCC(NC)c1ccc(N(C)CC2CC3CCC2C3)cn1. The number of pyridine rings is 1. The Balaban J connectivity index is 1.61. The number of fused-ring (bicyclic) bond motifs is 2. The van der Waals surface area contributed by atoms with E-state index in [2.05, 4.69) is 41.3 Å². The molecule has 116 valence electrons. The Labute approximate surface area is 129 Å². The number of nitrogens with zero attached hydrogens (tertiary/aromatic N) is 2. The zero-order chi connectivity index (χ0) is 14.8. The van der Waals surface area contributed by atoms with Crippen molar-refractivity contribution in [3.63, 3.8) is 0 Å². The van der Waals surface area contributed by atoms with Gasteiger partial charge in [-0.05, 0) is 62.6 Å². The molecular formula is C18H29N3. The van der Waals surface area contributed by atoms with E-state index in [1.54, 1.807) is 0 Å². The monoisotopic (exact) mass is 287 g/mol. The standard InChI is InChI=1S/C18H29N3/c1-4-17(19-2)18-8-7-16(11-20-18)21(3)12-15-10-13-5-6-14(15)9-13/h7-8,11,13-15,17,19H,4-6,9-10,12H2,1-3H3. The van der Waals surface area contributed by atoms with Crippen LogP contribution in [0, 0.1) is 17.8 Å². The molecule has 3 rings (SSSR count). The fourth-order valence-electron chi connectivity index (χ4n) is 4.45. The second kappa shape index (κ2) is 6.35. The van der Waals surface area contributed by atoms with Gasteiger partial charge in [-0.2, -0.15) is 0 Å². The van der Waals surface area contributed by atoms with E-state index in [0.717, 1.165) is 29.9 Å². The minimum absolute atomic E-state index is 0.370. The zero-order valence-electron chi connectivity index (χ0n) is 13.7. The highest BCUT2D eigenvalue weighted by Crippen LogP contribution is 2.48. The summed E-state index contributed by atoms with van der Waals surface area (Å²) in [4.78, 5) is 7.07. The third-order valence-electron chi connectivity index (χ3n) is 5.72. The Morgan fingerprint density at radius 1 is 1.33 bits per heavy atom. The fourth-order valence-corrected chi connectivity index (χ4v) is 4.45. The van der Waals surface area contributed by atoms with E-state index < -0.39 is 0 Å². The molecule has 4 unspecified atom stereocenters. The van der Waals surface area contributed by atoms with Gasteiger partial charge in [0.05, 0.1) is 17.6 Å². The average molecular weight is 287 g/mol. The van der Waals surface area contributed by atoms with E-state index in [9.17, 15) is 0 Å². The summed E-state index contributed by atoms with van der Waals surface area (Å²) < 4.78 is 0. The molecule has 0 spiro atoms. The maximum atomic E-state index is 4.66. The van der Waals surface area contributed by atoms with Gasteiger partial charge in [0.15, 0.2) is 0 Å². The predicted octanol–water partition coefficient (Wildman–Crippen LogP) is 3.62. The highest BCUT2D eigenvalue weighted by Gasteiger charge is 2.39. The van der Waals surface area contributed by atoms with Gasteiger partial charge in [-0.3, -0.25) is 4.98 Å². The highest BCUT2D eigenvalue weighted by atomic mass is 15.1. The molecule has 1 aromatic rings. The van der Waals surface area contributed by atoms with Crippen LogP contribution < -0.4 is 10.2 Å². The van der Waals surface area contributed by atoms with E-state index in [1.165, 1.54) is 37.9 Å². The maximum absolute atomic E-state index is 4.66. The molecule has 3 nitrogen and oxygen atoms in total. The van der Waals surface area contributed by atoms with Crippen molar-refractivity contribution in [2.75, 3.05) is 25.5 Å². The molecule has 1 heterocycles. The first-order valence-corrected chi connectivity index (χ1v) is 8.55. The van der Waals surface area contributed by atoms with Crippen molar-refractivity contribution in [1.29, 1.82) is 0 Å². The molecule has 2 bridgehead atoms. The third kappa shape index (κ3) is 3.08. The minimum atomic E-state index is 0.370. The van der Waals surface area contributed by atoms with E-state index >= 15 is 0 Å². The predicted molar refractivity (Wildman–Crippen MR) is 88.5 cm³/mol. The van der Waals surface area contributed by atoms with Gasteiger partial charge < -0.3 is 10.2 Å². The summed E-state index contributed by atoms with van der Waals surface area (Å²) in [6.07, 6.45) is 9.03. The molecule has 0 aliphatic heterocycles. The first-order chi connectivity index (χ1) is 10.2. The third-order valence-corrected chi connectivity index (χ3v) is 5.72. The average Bonchev–Trinajstić information content (AvgIpc) is 3.12. The molecule has 2 fully saturated rings. The van der Waals surface area contributed by atoms with Gasteiger partial charge >= 0.3 is 0 Å². The zero-order valence-corrected chi connectivity index (χ0v) is 13.7. The van der Waals surface area contributed by atoms with Crippen LogP contribution in [-0.4, -0.2) is 25.6 Å². The smallest absolute Gasteiger partial charge is 0.0574 e. The molecule has 0 saturated heterocycles. The van der Waals surface area contributed by atoms with Crippen LogP contribution >= 0.6 is 0 Å². The van der Waals surface area contributed by atoms with Gasteiger partial charge in [0.2, 0.25) is 0 Å². The summed E-state index contributed by atoms with van der Waals surface area (Å²) in [5, 5.41) is 3.32. The van der Waals surface area contributed by atoms with Crippen molar-refractivity contribution in [2.24, 2.45) is 17.8 Å². The lowest BCUT2D eigenvalue weighted by Crippen LogP contribution is -2.28. The molecule has 2 aliphatic carbocycles. The Hall–Kier alpha value is -1.09. The summed E-state index contributed by atoms with van der Waals surface area (Å²) in [5.41, 5.74) is 2.41. The minimum Gasteiger partial charge on any atom is -0.373 e. The van der Waals surface area contributed by atoms with E-state index in [-0.39, 0.29) is 0 Å². The van der Waals surface area contributed by atoms with Gasteiger partial charge in [0, 0.05) is 19.6 Å². The summed E-state index contributed by atoms with van der Waals surface area (Å²) in [5.74, 6) is 2.95. The molecule has 2 saturated carbocycles. The van der Waals surface area contributed by atoms with Crippen LogP contribution in [0.4, 0.5) is 5.69 Å². The van der Waals surface area contributed by atoms with Crippen LogP contribution in [0.1, 0.15) is 50.8 Å². The summed E-state index contributed by atoms with van der Waals surface area (Å²) in [7, 11) is 4.23. The van der Waals surface area contributed by atoms with E-state index in [1.807, 2.05) is 13.2 Å². The van der Waals surface area contributed by atoms with Gasteiger partial charge in [0.1, 0.15) is 0 Å². The summed E-state index contributed by atoms with van der Waals surface area (Å²) in [6, 6.07) is 4.78. The molecule has 0 radical (unpaired) electrons. The first kappa shape index (κ1) is 14.8. The Morgan fingerprint density at radius 3 is 2.71 bits per heavy atom. The quantitative estimate of drug-likeness (QED) is 0.866. The Bertz CT molecular complexity index is 452. The molecule has 3 heteroatoms. The first-order valence-electron chi connectivity index (χ1n) is 8.55. The number of rotatable bonds is 6. The Morgan fingerprint density at radius 2 is 2.19 bits per heavy atom. The van der Waals surface area contributed by atoms with Gasteiger partial charge in [-0.15, -0.1) is 0 Å². The van der Waals surface area contributed by atoms with Crippen LogP contribution in [0.3, 0.4) is 0 Å². The van der Waals surface area contributed by atoms with Crippen LogP contribution in [-0.2, 0) is 0 Å². The molecule has 21 heavy (non-hydrogen) atoms. The lowest BCUT2D eigenvalue weighted by Gasteiger charge is -2.28. The second-order valence-electron chi connectivity index (χ2n) is 7.01. The second-order valence-corrected chi connectivity index (χ2v) is 7.01. The maximum Gasteiger partial charge on any atom is 0.0574 e. The molecular weight excluding hydrogens is 258 g/mol. The highest BCUT2D eigenvalue weighted by molar-refractivity contribution is 5.44. The van der Waals surface area contributed by atoms with Gasteiger partial charge in [-0.1, -0.05) is 13.3 Å². The van der Waals surface area contributed by atoms with Crippen molar-refractivity contribution < 1.29 is 0 Å². The van der Waals surface area contributed by atoms with E-state index in [0.29, 0.717) is 6.04 Å². The molecule has 0 aromatic carbocycles. The molecule has 1 aromatic heterocycles. The number of nitrogens with one attached hydrogen (secondary N) is 1. The largest absolute Gasteiger partial charge is 0.373 e. The van der Waals surface area contributed by atoms with Crippen molar-refractivity contribution in [3.8, 4) is 0 Å². The van der Waals surface area contributed by atoms with Crippen LogP contribution in [0.5, 0.6) is 0 Å². The number of hydrogen-bond donors (Lipinski definition) is 1. The molecule has 1 N–H and O–H groups in total. The normalized spacial score (nSPS) is 28.8. The van der Waals surface area contributed by atoms with Gasteiger partial charge in [0.25, 0.3) is 0 Å².